The molecule has 0 saturated heterocycles. The molecule has 0 bridgehead atoms. The van der Waals surface area contributed by atoms with Crippen molar-refractivity contribution >= 4 is 15.9 Å². The number of nitrogens with one attached hydrogen (secondary N) is 1. The molecule has 1 aromatic rings. The number of H-pyrrole nitrogens is 1. The summed E-state index contributed by atoms with van der Waals surface area (Å²) in [7, 11) is 0. The Morgan fingerprint density at radius 3 is 2.39 bits per heavy atom. The van der Waals surface area contributed by atoms with Crippen LogP contribution >= 0.6 is 15.9 Å². The van der Waals surface area contributed by atoms with Gasteiger partial charge in [-0.05, 0) is 22.4 Å². The minimum atomic E-state index is -0.325. The molecule has 0 radical (unpaired) electrons. The molecule has 0 aromatic carbocycles. The summed E-state index contributed by atoms with van der Waals surface area (Å²) in [6.07, 6.45) is 9.61. The number of halogens is 1. The van der Waals surface area contributed by atoms with Crippen molar-refractivity contribution in [1.82, 2.24) is 9.55 Å². The van der Waals surface area contributed by atoms with Gasteiger partial charge >= 0.3 is 5.69 Å². The molecule has 0 atom stereocenters. The third-order valence-electron chi connectivity index (χ3n) is 3.00. The van der Waals surface area contributed by atoms with E-state index in [9.17, 15) is 9.59 Å². The number of nitrogens with zero attached hydrogens (tertiary/aromatic N) is 1. The molecule has 1 aromatic heterocycles. The maximum absolute atomic E-state index is 11.7. The van der Waals surface area contributed by atoms with Crippen molar-refractivity contribution in [2.45, 2.75) is 58.4 Å². The average Bonchev–Trinajstić information content (AvgIpc) is 2.36. The van der Waals surface area contributed by atoms with Crippen LogP contribution in [0.3, 0.4) is 0 Å². The highest BCUT2D eigenvalue weighted by Crippen LogP contribution is 2.07. The lowest BCUT2D eigenvalue weighted by molar-refractivity contribution is 0.528. The quantitative estimate of drug-likeness (QED) is 0.749. The average molecular weight is 317 g/mol. The molecule has 18 heavy (non-hydrogen) atoms. The van der Waals surface area contributed by atoms with Gasteiger partial charge in [-0.1, -0.05) is 45.4 Å². The van der Waals surface area contributed by atoms with E-state index in [0.717, 1.165) is 12.8 Å². The molecule has 4 nitrogen and oxygen atoms in total. The Kier molecular flexibility index (Phi) is 7.01. The van der Waals surface area contributed by atoms with Crippen LogP contribution in [0.25, 0.3) is 0 Å². The lowest BCUT2D eigenvalue weighted by Gasteiger charge is -2.04. The largest absolute Gasteiger partial charge is 0.328 e. The summed E-state index contributed by atoms with van der Waals surface area (Å²) in [6, 6.07) is 0. The predicted molar refractivity (Wildman–Crippen MR) is 77.0 cm³/mol. The molecule has 0 amide bonds. The molecule has 5 heteroatoms. The standard InChI is InChI=1S/C13H21BrN2O2/c1-2-3-4-5-6-7-8-9-16-12(17)11(14)10-15-13(16)18/h10H,2-9H2,1H3,(H,15,18). The molecule has 0 fully saturated rings. The van der Waals surface area contributed by atoms with Gasteiger partial charge in [0.15, 0.2) is 0 Å². The fourth-order valence-corrected chi connectivity index (χ4v) is 2.24. The zero-order valence-corrected chi connectivity index (χ0v) is 12.5. The number of hydrogen-bond donors (Lipinski definition) is 1. The van der Waals surface area contributed by atoms with Crippen molar-refractivity contribution in [1.29, 1.82) is 0 Å². The molecule has 0 saturated carbocycles. The van der Waals surface area contributed by atoms with E-state index >= 15 is 0 Å². The van der Waals surface area contributed by atoms with E-state index in [-0.39, 0.29) is 11.2 Å². The molecular formula is C13H21BrN2O2. The van der Waals surface area contributed by atoms with E-state index in [0.29, 0.717) is 11.0 Å². The molecule has 0 aliphatic rings. The molecule has 0 aliphatic heterocycles. The third kappa shape index (κ3) is 4.80. The van der Waals surface area contributed by atoms with Gasteiger partial charge in [-0.2, -0.15) is 0 Å². The number of rotatable bonds is 8. The van der Waals surface area contributed by atoms with Gasteiger partial charge in [-0.15, -0.1) is 0 Å². The Labute approximate surface area is 116 Å². The number of aromatic nitrogens is 2. The molecule has 0 spiro atoms. The van der Waals surface area contributed by atoms with E-state index in [2.05, 4.69) is 27.8 Å². The maximum Gasteiger partial charge on any atom is 0.328 e. The second kappa shape index (κ2) is 8.29. The van der Waals surface area contributed by atoms with E-state index in [4.69, 9.17) is 0 Å². The summed E-state index contributed by atoms with van der Waals surface area (Å²) in [6.45, 7) is 2.70. The van der Waals surface area contributed by atoms with Gasteiger partial charge in [0.05, 0.1) is 4.47 Å². The Hall–Kier alpha value is -0.840. The van der Waals surface area contributed by atoms with Crippen molar-refractivity contribution in [2.75, 3.05) is 0 Å². The first-order chi connectivity index (χ1) is 8.66. The Balaban J connectivity index is 2.34. The molecule has 1 N–H and O–H groups in total. The minimum absolute atomic E-state index is 0.246. The van der Waals surface area contributed by atoms with Crippen LogP contribution in [-0.2, 0) is 6.54 Å². The molecular weight excluding hydrogens is 296 g/mol. The van der Waals surface area contributed by atoms with E-state index in [1.165, 1.54) is 42.9 Å². The van der Waals surface area contributed by atoms with Crippen molar-refractivity contribution < 1.29 is 0 Å². The highest BCUT2D eigenvalue weighted by Gasteiger charge is 2.04. The van der Waals surface area contributed by atoms with Crippen LogP contribution in [-0.4, -0.2) is 9.55 Å². The molecule has 102 valence electrons. The van der Waals surface area contributed by atoms with Crippen molar-refractivity contribution in [2.24, 2.45) is 0 Å². The summed E-state index contributed by atoms with van der Waals surface area (Å²) in [5, 5.41) is 0. The smallest absolute Gasteiger partial charge is 0.313 e. The summed E-state index contributed by atoms with van der Waals surface area (Å²) >= 11 is 3.13. The zero-order chi connectivity index (χ0) is 13.4. The fourth-order valence-electron chi connectivity index (χ4n) is 1.92. The fraction of sp³-hybridized carbons (Fsp3) is 0.692. The van der Waals surface area contributed by atoms with Gasteiger partial charge in [-0.3, -0.25) is 9.36 Å². The first kappa shape index (κ1) is 15.2. The van der Waals surface area contributed by atoms with Crippen LogP contribution < -0.4 is 11.2 Å². The molecule has 1 rings (SSSR count). The van der Waals surface area contributed by atoms with Crippen LogP contribution in [0.1, 0.15) is 51.9 Å². The Bertz CT molecular complexity index is 465. The van der Waals surface area contributed by atoms with Gasteiger partial charge in [0.2, 0.25) is 0 Å². The Morgan fingerprint density at radius 1 is 1.11 bits per heavy atom. The van der Waals surface area contributed by atoms with Gasteiger partial charge < -0.3 is 4.98 Å². The number of aromatic amines is 1. The molecule has 1 heterocycles. The van der Waals surface area contributed by atoms with Gasteiger partial charge in [0.25, 0.3) is 5.56 Å². The lowest BCUT2D eigenvalue weighted by Crippen LogP contribution is -2.35. The topological polar surface area (TPSA) is 54.9 Å². The van der Waals surface area contributed by atoms with Crippen LogP contribution in [0, 0.1) is 0 Å². The summed E-state index contributed by atoms with van der Waals surface area (Å²) in [5.41, 5.74) is -0.570. The van der Waals surface area contributed by atoms with Gasteiger partial charge in [-0.25, -0.2) is 4.79 Å². The predicted octanol–water partition coefficient (Wildman–Crippen LogP) is 3.05. The Morgan fingerprint density at radius 2 is 1.72 bits per heavy atom. The van der Waals surface area contributed by atoms with Gasteiger partial charge in [0, 0.05) is 12.7 Å². The van der Waals surface area contributed by atoms with Crippen LogP contribution in [0.2, 0.25) is 0 Å². The highest BCUT2D eigenvalue weighted by molar-refractivity contribution is 9.10. The van der Waals surface area contributed by atoms with Gasteiger partial charge in [0.1, 0.15) is 0 Å². The highest BCUT2D eigenvalue weighted by atomic mass is 79.9. The van der Waals surface area contributed by atoms with E-state index in [1.807, 2.05) is 0 Å². The lowest BCUT2D eigenvalue weighted by atomic mass is 10.1. The second-order valence-electron chi connectivity index (χ2n) is 4.52. The maximum atomic E-state index is 11.7. The first-order valence-electron chi connectivity index (χ1n) is 6.65. The van der Waals surface area contributed by atoms with Crippen molar-refractivity contribution in [3.63, 3.8) is 0 Å². The van der Waals surface area contributed by atoms with E-state index < -0.39 is 0 Å². The third-order valence-corrected chi connectivity index (χ3v) is 3.57. The van der Waals surface area contributed by atoms with Crippen LogP contribution in [0.15, 0.2) is 20.3 Å². The van der Waals surface area contributed by atoms with Crippen molar-refractivity contribution in [3.05, 3.63) is 31.5 Å². The first-order valence-corrected chi connectivity index (χ1v) is 7.44. The monoisotopic (exact) mass is 316 g/mol. The molecule has 0 aliphatic carbocycles. The van der Waals surface area contributed by atoms with Crippen LogP contribution in [0.4, 0.5) is 0 Å². The SMILES string of the molecule is CCCCCCCCCn1c(=O)[nH]cc(Br)c1=O. The normalized spacial score (nSPS) is 10.8. The summed E-state index contributed by atoms with van der Waals surface area (Å²) < 4.78 is 1.67. The second-order valence-corrected chi connectivity index (χ2v) is 5.37. The number of unbranched alkanes of at least 4 members (excludes halogenated alkanes) is 6. The number of hydrogen-bond acceptors (Lipinski definition) is 2. The summed E-state index contributed by atoms with van der Waals surface area (Å²) in [4.78, 5) is 25.7. The minimum Gasteiger partial charge on any atom is -0.313 e. The zero-order valence-electron chi connectivity index (χ0n) is 10.9. The van der Waals surface area contributed by atoms with E-state index in [1.54, 1.807) is 0 Å². The summed E-state index contributed by atoms with van der Waals surface area (Å²) in [5.74, 6) is 0. The van der Waals surface area contributed by atoms with Crippen LogP contribution in [0.5, 0.6) is 0 Å². The van der Waals surface area contributed by atoms with Crippen molar-refractivity contribution in [3.8, 4) is 0 Å². The molecule has 0 unspecified atom stereocenters.